The van der Waals surface area contributed by atoms with Gasteiger partial charge in [-0.1, -0.05) is 17.7 Å². The van der Waals surface area contributed by atoms with Gasteiger partial charge in [-0.05, 0) is 74.6 Å². The van der Waals surface area contributed by atoms with Gasteiger partial charge >= 0.3 is 5.69 Å². The summed E-state index contributed by atoms with van der Waals surface area (Å²) < 4.78 is 14.8. The van der Waals surface area contributed by atoms with E-state index in [2.05, 4.69) is 39.7 Å². The van der Waals surface area contributed by atoms with Crippen molar-refractivity contribution in [1.82, 2.24) is 29.8 Å². The number of rotatable bonds is 9. The molecule has 0 aliphatic carbocycles. The second-order valence-corrected chi connectivity index (χ2v) is 9.94. The minimum Gasteiger partial charge on any atom is -0.493 e. The predicted molar refractivity (Wildman–Crippen MR) is 149 cm³/mol. The van der Waals surface area contributed by atoms with E-state index >= 15 is 0 Å². The van der Waals surface area contributed by atoms with Crippen LogP contribution < -0.4 is 20.7 Å². The van der Waals surface area contributed by atoms with Gasteiger partial charge in [0.15, 0.2) is 11.5 Å². The van der Waals surface area contributed by atoms with Crippen LogP contribution in [-0.4, -0.2) is 49.3 Å². The van der Waals surface area contributed by atoms with E-state index in [9.17, 15) is 9.59 Å². The molecule has 4 aromatic rings. The van der Waals surface area contributed by atoms with Crippen molar-refractivity contribution >= 4 is 11.5 Å². The second kappa shape index (κ2) is 11.3. The molecule has 1 aliphatic rings. The summed E-state index contributed by atoms with van der Waals surface area (Å²) in [4.78, 5) is 31.5. The zero-order chi connectivity index (χ0) is 28.4. The summed E-state index contributed by atoms with van der Waals surface area (Å²) in [6.07, 6.45) is 1.27. The van der Waals surface area contributed by atoms with Gasteiger partial charge in [-0.15, -0.1) is 10.2 Å². The number of carbonyl (C=O) groups is 1. The Morgan fingerprint density at radius 3 is 2.55 bits per heavy atom. The number of aryl methyl sites for hydroxylation is 4. The zero-order valence-corrected chi connectivity index (χ0v) is 23.4. The van der Waals surface area contributed by atoms with Crippen molar-refractivity contribution in [2.75, 3.05) is 13.7 Å². The highest BCUT2D eigenvalue weighted by atomic mass is 16.5. The largest absolute Gasteiger partial charge is 0.493 e. The number of hydrogen-bond acceptors (Lipinski definition) is 8. The van der Waals surface area contributed by atoms with E-state index in [1.165, 1.54) is 0 Å². The number of hydrogen-bond donors (Lipinski definition) is 1. The van der Waals surface area contributed by atoms with E-state index < -0.39 is 0 Å². The molecule has 11 nitrogen and oxygen atoms in total. The Morgan fingerprint density at radius 2 is 1.88 bits per heavy atom. The summed E-state index contributed by atoms with van der Waals surface area (Å²) in [6.45, 7) is 9.39. The van der Waals surface area contributed by atoms with Crippen molar-refractivity contribution in [2.45, 2.75) is 60.0 Å². The van der Waals surface area contributed by atoms with Crippen LogP contribution in [0.15, 0.2) is 40.1 Å². The molecule has 0 radical (unpaired) electrons. The number of tetrazole rings is 1. The van der Waals surface area contributed by atoms with Gasteiger partial charge < -0.3 is 9.47 Å². The average Bonchev–Trinajstić information content (AvgIpc) is 3.47. The van der Waals surface area contributed by atoms with Gasteiger partial charge in [-0.3, -0.25) is 13.9 Å². The molecule has 0 spiro atoms. The highest BCUT2D eigenvalue weighted by Crippen LogP contribution is 2.37. The molecule has 0 atom stereocenters. The number of methoxy groups -OCH3 is 1. The number of aromatic amines is 1. The van der Waals surface area contributed by atoms with Gasteiger partial charge in [0.25, 0.3) is 0 Å². The summed E-state index contributed by atoms with van der Waals surface area (Å²) in [7, 11) is 1.61. The fourth-order valence-electron chi connectivity index (χ4n) is 5.33. The van der Waals surface area contributed by atoms with E-state index in [0.29, 0.717) is 49.5 Å². The Morgan fingerprint density at radius 1 is 1.10 bits per heavy atom. The molecule has 2 aromatic heterocycles. The molecule has 2 aromatic carbocycles. The van der Waals surface area contributed by atoms with Crippen LogP contribution in [0.4, 0.5) is 5.69 Å². The number of H-pyrrole nitrogens is 1. The van der Waals surface area contributed by atoms with Crippen LogP contribution in [0.25, 0.3) is 11.3 Å². The first kappa shape index (κ1) is 27.0. The Kier molecular flexibility index (Phi) is 7.63. The molecule has 0 saturated heterocycles. The minimum absolute atomic E-state index is 0.0416. The van der Waals surface area contributed by atoms with Crippen molar-refractivity contribution < 1.29 is 14.3 Å². The maximum atomic E-state index is 14.0. The summed E-state index contributed by atoms with van der Waals surface area (Å²) in [5.41, 5.74) is 7.15. The Balaban J connectivity index is 1.64. The van der Waals surface area contributed by atoms with E-state index in [4.69, 9.17) is 14.5 Å². The highest BCUT2D eigenvalue weighted by molar-refractivity contribution is 5.92. The second-order valence-electron chi connectivity index (χ2n) is 9.94. The Hall–Kier alpha value is -4.54. The SMILES string of the molecule is CCOc1cc2c(cc1OC)-c1cc(=Nc3c(C)cc(C)cc3C)n(CCCC(=O)c3nn[nH]n3)c(=O)n1CC2. The topological polar surface area (TPSA) is 129 Å². The van der Waals surface area contributed by atoms with Crippen LogP contribution in [0.3, 0.4) is 0 Å². The molecule has 0 bridgehead atoms. The summed E-state index contributed by atoms with van der Waals surface area (Å²) >= 11 is 0. The van der Waals surface area contributed by atoms with Crippen molar-refractivity contribution in [3.63, 3.8) is 0 Å². The molecule has 208 valence electrons. The van der Waals surface area contributed by atoms with E-state index in [1.807, 2.05) is 39.0 Å². The van der Waals surface area contributed by atoms with Crippen LogP contribution in [0.1, 0.15) is 52.6 Å². The Labute approximate surface area is 231 Å². The summed E-state index contributed by atoms with van der Waals surface area (Å²) in [5.74, 6) is 1.11. The van der Waals surface area contributed by atoms with Gasteiger partial charge in [0.05, 0.1) is 25.1 Å². The number of benzene rings is 2. The lowest BCUT2D eigenvalue weighted by Crippen LogP contribution is -2.42. The third-order valence-electron chi connectivity index (χ3n) is 7.11. The first-order chi connectivity index (χ1) is 19.3. The van der Waals surface area contributed by atoms with Crippen molar-refractivity contribution in [3.05, 3.63) is 74.4 Å². The third kappa shape index (κ3) is 5.18. The standard InChI is InChI=1S/C29H33N7O4/c1-6-40-25-14-20-9-11-35-22(21(20)15-24(25)39-5)16-26(30-27-18(3)12-17(2)13-19(27)4)36(29(35)38)10-7-8-23(37)28-31-33-34-32-28/h12-16H,6-11H2,1-5H3,(H,31,32,33,34). The van der Waals surface area contributed by atoms with Gasteiger partial charge in [0.1, 0.15) is 5.49 Å². The third-order valence-corrected chi connectivity index (χ3v) is 7.11. The quantitative estimate of drug-likeness (QED) is 0.319. The molecule has 11 heteroatoms. The van der Waals surface area contributed by atoms with Crippen molar-refractivity contribution in [3.8, 4) is 22.8 Å². The number of nitrogens with one attached hydrogen (secondary N) is 1. The number of nitrogens with zero attached hydrogens (tertiary/aromatic N) is 6. The van der Waals surface area contributed by atoms with E-state index in [0.717, 1.165) is 39.2 Å². The van der Waals surface area contributed by atoms with Crippen LogP contribution in [0.5, 0.6) is 11.5 Å². The number of ketones is 1. The maximum Gasteiger partial charge on any atom is 0.330 e. The lowest BCUT2D eigenvalue weighted by atomic mass is 9.97. The first-order valence-corrected chi connectivity index (χ1v) is 13.4. The molecule has 40 heavy (non-hydrogen) atoms. The zero-order valence-electron chi connectivity index (χ0n) is 23.4. The fraction of sp³-hybridized carbons (Fsp3) is 0.379. The van der Waals surface area contributed by atoms with Crippen LogP contribution in [0, 0.1) is 20.8 Å². The molecule has 0 amide bonds. The summed E-state index contributed by atoms with van der Waals surface area (Å²) in [5, 5.41) is 13.3. The van der Waals surface area contributed by atoms with Crippen LogP contribution in [0.2, 0.25) is 0 Å². The van der Waals surface area contributed by atoms with Gasteiger partial charge in [0.2, 0.25) is 11.6 Å². The number of aromatic nitrogens is 6. The number of carbonyl (C=O) groups excluding carboxylic acids is 1. The van der Waals surface area contributed by atoms with Crippen LogP contribution >= 0.6 is 0 Å². The molecular weight excluding hydrogens is 510 g/mol. The molecule has 0 unspecified atom stereocenters. The lowest BCUT2D eigenvalue weighted by molar-refractivity contribution is 0.0968. The van der Waals surface area contributed by atoms with Crippen molar-refractivity contribution in [1.29, 1.82) is 0 Å². The van der Waals surface area contributed by atoms with Gasteiger partial charge in [0, 0.05) is 31.1 Å². The van der Waals surface area contributed by atoms with E-state index in [1.54, 1.807) is 16.2 Å². The molecular formula is C29H33N7O4. The lowest BCUT2D eigenvalue weighted by Gasteiger charge is -2.25. The molecule has 3 heterocycles. The smallest absolute Gasteiger partial charge is 0.330 e. The first-order valence-electron chi connectivity index (χ1n) is 13.4. The van der Waals surface area contributed by atoms with Crippen molar-refractivity contribution in [2.24, 2.45) is 4.99 Å². The molecule has 5 rings (SSSR count). The summed E-state index contributed by atoms with van der Waals surface area (Å²) in [6, 6.07) is 10.1. The normalized spacial score (nSPS) is 12.7. The minimum atomic E-state index is -0.234. The Bertz CT molecular complexity index is 1680. The molecule has 1 N–H and O–H groups in total. The highest BCUT2D eigenvalue weighted by Gasteiger charge is 2.23. The fourth-order valence-corrected chi connectivity index (χ4v) is 5.33. The van der Waals surface area contributed by atoms with Gasteiger partial charge in [-0.2, -0.15) is 5.21 Å². The van der Waals surface area contributed by atoms with Crippen LogP contribution in [-0.2, 0) is 19.5 Å². The molecule has 0 fully saturated rings. The van der Waals surface area contributed by atoms with E-state index in [-0.39, 0.29) is 23.7 Å². The average molecular weight is 544 g/mol. The predicted octanol–water partition coefficient (Wildman–Crippen LogP) is 3.61. The maximum absolute atomic E-state index is 14.0. The number of fused-ring (bicyclic) bond motifs is 3. The molecule has 1 aliphatic heterocycles. The molecule has 0 saturated carbocycles. The number of Topliss-reactive ketones (excluding diaryl/α,β-unsaturated/α-hetero) is 1. The monoisotopic (exact) mass is 543 g/mol. The van der Waals surface area contributed by atoms with Gasteiger partial charge in [-0.25, -0.2) is 9.79 Å². The number of ether oxygens (including phenoxy) is 2.